The molecule has 10 heteroatoms. The lowest BCUT2D eigenvalue weighted by molar-refractivity contribution is -0.274. The van der Waals surface area contributed by atoms with Gasteiger partial charge in [0.2, 0.25) is 10.0 Å². The first-order valence-corrected chi connectivity index (χ1v) is 9.95. The monoisotopic (exact) mass is 418 g/mol. The molecule has 1 aliphatic heterocycles. The number of alkyl halides is 3. The van der Waals surface area contributed by atoms with Crippen LogP contribution in [0.2, 0.25) is 0 Å². The Hall–Kier alpha value is -2.17. The summed E-state index contributed by atoms with van der Waals surface area (Å²) in [5.41, 5.74) is -0.324. The highest BCUT2D eigenvalue weighted by atomic mass is 32.2. The maximum absolute atomic E-state index is 13.3. The van der Waals surface area contributed by atoms with Gasteiger partial charge in [-0.2, -0.15) is 0 Å². The van der Waals surface area contributed by atoms with Crippen LogP contribution in [0.4, 0.5) is 17.6 Å². The molecule has 0 spiro atoms. The third-order valence-corrected chi connectivity index (χ3v) is 6.10. The number of piperidine rings is 1. The minimum Gasteiger partial charge on any atom is -0.406 e. The summed E-state index contributed by atoms with van der Waals surface area (Å²) >= 11 is 0. The first-order valence-electron chi connectivity index (χ1n) is 8.46. The van der Waals surface area contributed by atoms with Crippen LogP contribution in [-0.2, 0) is 15.6 Å². The molecule has 1 heterocycles. The quantitative estimate of drug-likeness (QED) is 0.732. The maximum atomic E-state index is 13.3. The Morgan fingerprint density at radius 3 is 2.07 bits per heavy atom. The zero-order chi connectivity index (χ0) is 20.4. The lowest BCUT2D eigenvalue weighted by Crippen LogP contribution is -2.52. The molecule has 0 amide bonds. The zero-order valence-corrected chi connectivity index (χ0v) is 15.4. The molecule has 0 saturated carbocycles. The van der Waals surface area contributed by atoms with Crippen molar-refractivity contribution in [2.45, 2.75) is 29.6 Å². The molecule has 28 heavy (non-hydrogen) atoms. The van der Waals surface area contributed by atoms with Crippen LogP contribution in [0, 0.1) is 5.82 Å². The van der Waals surface area contributed by atoms with Gasteiger partial charge in [0, 0.05) is 0 Å². The highest BCUT2D eigenvalue weighted by molar-refractivity contribution is 7.89. The predicted octanol–water partition coefficient (Wildman–Crippen LogP) is 3.28. The number of nitrogens with one attached hydrogen (secondary N) is 2. The molecule has 1 aliphatic rings. The zero-order valence-electron chi connectivity index (χ0n) is 14.6. The van der Waals surface area contributed by atoms with Gasteiger partial charge in [0.05, 0.1) is 10.4 Å². The standard InChI is InChI=1S/C18H18F4N2O3S/c19-14-3-1-13(2-4-14)17(9-11-23-12-10-17)24-28(25,26)16-7-5-15(6-8-16)27-18(20,21)22/h1-8,23-24H,9-12H2. The van der Waals surface area contributed by atoms with Gasteiger partial charge >= 0.3 is 6.36 Å². The van der Waals surface area contributed by atoms with Gasteiger partial charge in [0.15, 0.2) is 0 Å². The van der Waals surface area contributed by atoms with Gasteiger partial charge in [-0.3, -0.25) is 0 Å². The highest BCUT2D eigenvalue weighted by Gasteiger charge is 2.38. The van der Waals surface area contributed by atoms with Crippen molar-refractivity contribution in [1.29, 1.82) is 0 Å². The summed E-state index contributed by atoms with van der Waals surface area (Å²) in [6, 6.07) is 9.55. The summed E-state index contributed by atoms with van der Waals surface area (Å²) in [6.07, 6.45) is -3.99. The number of halogens is 4. The molecule has 0 aromatic heterocycles. The van der Waals surface area contributed by atoms with Crippen molar-refractivity contribution in [2.24, 2.45) is 0 Å². The van der Waals surface area contributed by atoms with E-state index in [1.807, 2.05) is 0 Å². The molecule has 152 valence electrons. The summed E-state index contributed by atoms with van der Waals surface area (Å²) in [5.74, 6) is -0.947. The second-order valence-corrected chi connectivity index (χ2v) is 8.15. The van der Waals surface area contributed by atoms with Gasteiger partial charge in [0.1, 0.15) is 11.6 Å². The first-order chi connectivity index (χ1) is 13.1. The Morgan fingerprint density at radius 1 is 0.964 bits per heavy atom. The van der Waals surface area contributed by atoms with E-state index >= 15 is 0 Å². The lowest BCUT2D eigenvalue weighted by atomic mass is 9.82. The van der Waals surface area contributed by atoms with E-state index in [1.165, 1.54) is 24.3 Å². The molecular weight excluding hydrogens is 400 g/mol. The van der Waals surface area contributed by atoms with Crippen molar-refractivity contribution in [2.75, 3.05) is 13.1 Å². The van der Waals surface area contributed by atoms with E-state index in [-0.39, 0.29) is 4.90 Å². The third-order valence-electron chi connectivity index (χ3n) is 4.55. The first kappa shape index (κ1) is 20.6. The van der Waals surface area contributed by atoms with Crippen molar-refractivity contribution in [3.63, 3.8) is 0 Å². The fourth-order valence-corrected chi connectivity index (χ4v) is 4.66. The summed E-state index contributed by atoms with van der Waals surface area (Å²) in [5, 5.41) is 3.14. The smallest absolute Gasteiger partial charge is 0.406 e. The fourth-order valence-electron chi connectivity index (χ4n) is 3.21. The summed E-state index contributed by atoms with van der Waals surface area (Å²) in [7, 11) is -4.05. The Balaban J connectivity index is 1.88. The SMILES string of the molecule is O=S(=O)(NC1(c2ccc(F)cc2)CCNCC1)c1ccc(OC(F)(F)F)cc1. The molecule has 0 bridgehead atoms. The number of rotatable bonds is 5. The molecule has 1 saturated heterocycles. The van der Waals surface area contributed by atoms with E-state index in [0.29, 0.717) is 31.5 Å². The van der Waals surface area contributed by atoms with Crippen LogP contribution in [0.15, 0.2) is 53.4 Å². The maximum Gasteiger partial charge on any atom is 0.573 e. The summed E-state index contributed by atoms with van der Waals surface area (Å²) < 4.78 is 82.3. The van der Waals surface area contributed by atoms with Crippen LogP contribution in [0.1, 0.15) is 18.4 Å². The van der Waals surface area contributed by atoms with E-state index in [1.54, 1.807) is 0 Å². The molecule has 5 nitrogen and oxygen atoms in total. The second-order valence-electron chi connectivity index (χ2n) is 6.46. The minimum absolute atomic E-state index is 0.193. The fraction of sp³-hybridized carbons (Fsp3) is 0.333. The van der Waals surface area contributed by atoms with Crippen LogP contribution in [0.25, 0.3) is 0 Å². The van der Waals surface area contributed by atoms with E-state index in [9.17, 15) is 26.0 Å². The van der Waals surface area contributed by atoms with E-state index in [4.69, 9.17) is 0 Å². The molecule has 2 N–H and O–H groups in total. The van der Waals surface area contributed by atoms with Gasteiger partial charge in [-0.05, 0) is 67.9 Å². The Morgan fingerprint density at radius 2 is 1.54 bits per heavy atom. The molecule has 2 aromatic rings. The number of hydrogen-bond acceptors (Lipinski definition) is 4. The van der Waals surface area contributed by atoms with Crippen molar-refractivity contribution in [1.82, 2.24) is 10.0 Å². The molecule has 3 rings (SSSR count). The van der Waals surface area contributed by atoms with Gasteiger partial charge < -0.3 is 10.1 Å². The molecule has 0 radical (unpaired) electrons. The van der Waals surface area contributed by atoms with E-state index in [0.717, 1.165) is 24.3 Å². The lowest BCUT2D eigenvalue weighted by Gasteiger charge is -2.38. The highest BCUT2D eigenvalue weighted by Crippen LogP contribution is 2.33. The number of sulfonamides is 1. The average Bonchev–Trinajstić information content (AvgIpc) is 2.62. The molecule has 0 unspecified atom stereocenters. The van der Waals surface area contributed by atoms with Crippen molar-refractivity contribution in [3.8, 4) is 5.75 Å². The molecule has 1 fully saturated rings. The van der Waals surface area contributed by atoms with Crippen molar-refractivity contribution in [3.05, 3.63) is 59.9 Å². The largest absolute Gasteiger partial charge is 0.573 e. The van der Waals surface area contributed by atoms with Gasteiger partial charge in [0.25, 0.3) is 0 Å². The number of benzene rings is 2. The van der Waals surface area contributed by atoms with Crippen molar-refractivity contribution < 1.29 is 30.7 Å². The minimum atomic E-state index is -4.86. The molecular formula is C18H18F4N2O3S. The van der Waals surface area contributed by atoms with E-state index < -0.39 is 33.5 Å². The Labute approximate surface area is 159 Å². The predicted molar refractivity (Wildman–Crippen MR) is 93.6 cm³/mol. The summed E-state index contributed by atoms with van der Waals surface area (Å²) in [4.78, 5) is -0.193. The Kier molecular flexibility index (Phi) is 5.64. The van der Waals surface area contributed by atoms with E-state index in [2.05, 4.69) is 14.8 Å². The molecule has 2 aromatic carbocycles. The number of ether oxygens (including phenoxy) is 1. The van der Waals surface area contributed by atoms with Crippen LogP contribution in [-0.4, -0.2) is 27.9 Å². The second kappa shape index (κ2) is 7.69. The van der Waals surface area contributed by atoms with Gasteiger partial charge in [-0.25, -0.2) is 17.5 Å². The van der Waals surface area contributed by atoms with Gasteiger partial charge in [-0.1, -0.05) is 12.1 Å². The molecule has 0 atom stereocenters. The van der Waals surface area contributed by atoms with Crippen LogP contribution in [0.5, 0.6) is 5.75 Å². The van der Waals surface area contributed by atoms with Crippen LogP contribution < -0.4 is 14.8 Å². The third kappa shape index (κ3) is 4.81. The topological polar surface area (TPSA) is 67.4 Å². The molecule has 0 aliphatic carbocycles. The average molecular weight is 418 g/mol. The van der Waals surface area contributed by atoms with Crippen LogP contribution >= 0.6 is 0 Å². The normalized spacial score (nSPS) is 17.3. The number of hydrogen-bond donors (Lipinski definition) is 2. The van der Waals surface area contributed by atoms with Gasteiger partial charge in [-0.15, -0.1) is 13.2 Å². The summed E-state index contributed by atoms with van der Waals surface area (Å²) in [6.45, 7) is 1.11. The Bertz CT molecular complexity index is 907. The van der Waals surface area contributed by atoms with Crippen LogP contribution in [0.3, 0.4) is 0 Å². The van der Waals surface area contributed by atoms with Crippen molar-refractivity contribution >= 4 is 10.0 Å².